The topological polar surface area (TPSA) is 37.4 Å². The number of aryl methyl sites for hydroxylation is 2. The van der Waals surface area contributed by atoms with Crippen LogP contribution >= 0.6 is 0 Å². The first-order chi connectivity index (χ1) is 9.08. The van der Waals surface area contributed by atoms with E-state index < -0.39 is 0 Å². The number of pyridine rings is 1. The number of rotatable bonds is 4. The van der Waals surface area contributed by atoms with Crippen LogP contribution in [0.1, 0.15) is 30.7 Å². The zero-order chi connectivity index (χ0) is 13.8. The fourth-order valence-corrected chi connectivity index (χ4v) is 2.40. The molecule has 0 aromatic carbocycles. The lowest BCUT2D eigenvalue weighted by Crippen LogP contribution is -2.38. The highest BCUT2D eigenvalue weighted by Gasteiger charge is 2.18. The molecule has 2 heterocycles. The van der Waals surface area contributed by atoms with Crippen molar-refractivity contribution in [3.8, 4) is 0 Å². The van der Waals surface area contributed by atoms with Gasteiger partial charge in [0.05, 0.1) is 13.2 Å². The van der Waals surface area contributed by atoms with Crippen LogP contribution in [0.4, 0.5) is 5.82 Å². The minimum atomic E-state index is 0.484. The van der Waals surface area contributed by atoms with Crippen LogP contribution in [-0.4, -0.2) is 37.3 Å². The number of nitrogens with zero attached hydrogens (tertiary/aromatic N) is 2. The van der Waals surface area contributed by atoms with Gasteiger partial charge in [-0.2, -0.15) is 0 Å². The van der Waals surface area contributed by atoms with Gasteiger partial charge in [0.15, 0.2) is 0 Å². The van der Waals surface area contributed by atoms with Crippen LogP contribution in [0.15, 0.2) is 6.07 Å². The van der Waals surface area contributed by atoms with Gasteiger partial charge in [-0.15, -0.1) is 0 Å². The van der Waals surface area contributed by atoms with Crippen molar-refractivity contribution in [1.29, 1.82) is 0 Å². The van der Waals surface area contributed by atoms with Gasteiger partial charge >= 0.3 is 0 Å². The summed E-state index contributed by atoms with van der Waals surface area (Å²) in [5, 5.41) is 3.50. The van der Waals surface area contributed by atoms with E-state index in [2.05, 4.69) is 44.0 Å². The molecule has 1 N–H and O–H groups in total. The summed E-state index contributed by atoms with van der Waals surface area (Å²) in [6.07, 6.45) is 0. The predicted octanol–water partition coefficient (Wildman–Crippen LogP) is 2.03. The fourth-order valence-electron chi connectivity index (χ4n) is 2.40. The number of morpholine rings is 1. The van der Waals surface area contributed by atoms with E-state index in [0.717, 1.165) is 44.4 Å². The Morgan fingerprint density at radius 2 is 2.00 bits per heavy atom. The molecule has 0 radical (unpaired) electrons. The van der Waals surface area contributed by atoms with Crippen LogP contribution in [0, 0.1) is 13.8 Å². The molecule has 1 aliphatic rings. The molecule has 19 heavy (non-hydrogen) atoms. The van der Waals surface area contributed by atoms with Gasteiger partial charge in [-0.1, -0.05) is 13.8 Å². The lowest BCUT2D eigenvalue weighted by molar-refractivity contribution is 0.122. The van der Waals surface area contributed by atoms with E-state index in [1.165, 1.54) is 11.1 Å². The van der Waals surface area contributed by atoms with Crippen molar-refractivity contribution in [3.63, 3.8) is 0 Å². The van der Waals surface area contributed by atoms with Crippen LogP contribution in [0.2, 0.25) is 0 Å². The molecule has 0 atom stereocenters. The van der Waals surface area contributed by atoms with Crippen molar-refractivity contribution in [2.45, 2.75) is 40.3 Å². The molecule has 4 heteroatoms. The first kappa shape index (κ1) is 14.3. The average molecular weight is 263 g/mol. The molecular weight excluding hydrogens is 238 g/mol. The normalized spacial score (nSPS) is 16.2. The Balaban J connectivity index is 2.27. The second-order valence-electron chi connectivity index (χ2n) is 5.52. The van der Waals surface area contributed by atoms with Crippen molar-refractivity contribution in [2.24, 2.45) is 0 Å². The Bertz CT molecular complexity index is 426. The van der Waals surface area contributed by atoms with E-state index in [4.69, 9.17) is 9.72 Å². The largest absolute Gasteiger partial charge is 0.378 e. The van der Waals surface area contributed by atoms with Gasteiger partial charge in [-0.25, -0.2) is 4.98 Å². The Morgan fingerprint density at radius 3 is 2.63 bits per heavy atom. The molecule has 1 aromatic rings. The monoisotopic (exact) mass is 263 g/mol. The quantitative estimate of drug-likeness (QED) is 0.902. The average Bonchev–Trinajstić information content (AvgIpc) is 2.37. The standard InChI is InChI=1S/C15H25N3O/c1-11(2)16-10-14-12(3)9-13(4)17-15(14)18-5-7-19-8-6-18/h9,11,16H,5-8,10H2,1-4H3. The zero-order valence-corrected chi connectivity index (χ0v) is 12.5. The van der Waals surface area contributed by atoms with E-state index in [1.54, 1.807) is 0 Å². The summed E-state index contributed by atoms with van der Waals surface area (Å²) in [6.45, 7) is 12.9. The molecule has 0 unspecified atom stereocenters. The number of hydrogen-bond donors (Lipinski definition) is 1. The SMILES string of the molecule is Cc1cc(C)c(CNC(C)C)c(N2CCOCC2)n1. The van der Waals surface area contributed by atoms with Gasteiger partial charge in [0.25, 0.3) is 0 Å². The van der Waals surface area contributed by atoms with Gasteiger partial charge in [0, 0.05) is 36.9 Å². The van der Waals surface area contributed by atoms with Crippen molar-refractivity contribution in [2.75, 3.05) is 31.2 Å². The number of ether oxygens (including phenoxy) is 1. The summed E-state index contributed by atoms with van der Waals surface area (Å²) in [5.41, 5.74) is 3.73. The highest BCUT2D eigenvalue weighted by molar-refractivity contribution is 5.52. The summed E-state index contributed by atoms with van der Waals surface area (Å²) in [6, 6.07) is 2.65. The molecule has 0 aliphatic carbocycles. The molecule has 0 saturated carbocycles. The summed E-state index contributed by atoms with van der Waals surface area (Å²) in [4.78, 5) is 7.11. The van der Waals surface area contributed by atoms with Gasteiger partial charge in [0.2, 0.25) is 0 Å². The van der Waals surface area contributed by atoms with Crippen LogP contribution in [0.25, 0.3) is 0 Å². The third-order valence-corrected chi connectivity index (χ3v) is 3.45. The van der Waals surface area contributed by atoms with Gasteiger partial charge in [0.1, 0.15) is 5.82 Å². The maximum atomic E-state index is 5.43. The van der Waals surface area contributed by atoms with E-state index in [-0.39, 0.29) is 0 Å². The maximum absolute atomic E-state index is 5.43. The van der Waals surface area contributed by atoms with Crippen LogP contribution in [0.3, 0.4) is 0 Å². The van der Waals surface area contributed by atoms with Crippen molar-refractivity contribution >= 4 is 5.82 Å². The molecule has 2 rings (SSSR count). The van der Waals surface area contributed by atoms with E-state index in [1.807, 2.05) is 0 Å². The molecule has 1 saturated heterocycles. The minimum Gasteiger partial charge on any atom is -0.378 e. The second-order valence-corrected chi connectivity index (χ2v) is 5.52. The van der Waals surface area contributed by atoms with Crippen LogP contribution in [0.5, 0.6) is 0 Å². The molecule has 0 amide bonds. The number of hydrogen-bond acceptors (Lipinski definition) is 4. The minimum absolute atomic E-state index is 0.484. The lowest BCUT2D eigenvalue weighted by atomic mass is 10.1. The third kappa shape index (κ3) is 3.67. The molecule has 106 valence electrons. The van der Waals surface area contributed by atoms with Crippen LogP contribution < -0.4 is 10.2 Å². The number of anilines is 1. The smallest absolute Gasteiger partial charge is 0.133 e. The highest BCUT2D eigenvalue weighted by Crippen LogP contribution is 2.23. The molecule has 1 aliphatic heterocycles. The van der Waals surface area contributed by atoms with Crippen molar-refractivity contribution in [3.05, 3.63) is 22.9 Å². The van der Waals surface area contributed by atoms with Crippen LogP contribution in [-0.2, 0) is 11.3 Å². The van der Waals surface area contributed by atoms with Crippen molar-refractivity contribution < 1.29 is 4.74 Å². The van der Waals surface area contributed by atoms with Gasteiger partial charge in [-0.3, -0.25) is 0 Å². The predicted molar refractivity (Wildman–Crippen MR) is 78.7 cm³/mol. The van der Waals surface area contributed by atoms with Gasteiger partial charge in [-0.05, 0) is 25.5 Å². The summed E-state index contributed by atoms with van der Waals surface area (Å²) < 4.78 is 5.43. The Labute approximate surface area is 116 Å². The fraction of sp³-hybridized carbons (Fsp3) is 0.667. The molecule has 0 spiro atoms. The summed E-state index contributed by atoms with van der Waals surface area (Å²) >= 11 is 0. The Kier molecular flexibility index (Phi) is 4.77. The maximum Gasteiger partial charge on any atom is 0.133 e. The molecule has 1 aromatic heterocycles. The summed E-state index contributed by atoms with van der Waals surface area (Å²) in [5.74, 6) is 1.13. The zero-order valence-electron chi connectivity index (χ0n) is 12.5. The highest BCUT2D eigenvalue weighted by atomic mass is 16.5. The lowest BCUT2D eigenvalue weighted by Gasteiger charge is -2.30. The summed E-state index contributed by atoms with van der Waals surface area (Å²) in [7, 11) is 0. The molecule has 4 nitrogen and oxygen atoms in total. The first-order valence-corrected chi connectivity index (χ1v) is 7.11. The Hall–Kier alpha value is -1.13. The van der Waals surface area contributed by atoms with Gasteiger partial charge < -0.3 is 15.0 Å². The van der Waals surface area contributed by atoms with E-state index >= 15 is 0 Å². The van der Waals surface area contributed by atoms with E-state index in [9.17, 15) is 0 Å². The first-order valence-electron chi connectivity index (χ1n) is 7.11. The number of aromatic nitrogens is 1. The van der Waals surface area contributed by atoms with Crippen molar-refractivity contribution in [1.82, 2.24) is 10.3 Å². The molecular formula is C15H25N3O. The molecule has 0 bridgehead atoms. The Morgan fingerprint density at radius 1 is 1.32 bits per heavy atom. The van der Waals surface area contributed by atoms with E-state index in [0.29, 0.717) is 6.04 Å². The molecule has 1 fully saturated rings. The third-order valence-electron chi connectivity index (χ3n) is 3.45. The number of nitrogens with one attached hydrogen (secondary N) is 1. The second kappa shape index (κ2) is 6.35.